The Morgan fingerprint density at radius 2 is 1.71 bits per heavy atom. The minimum absolute atomic E-state index is 0.197. The molecule has 2 N–H and O–H groups in total. The lowest BCUT2D eigenvalue weighted by atomic mass is 9.90. The number of nitrogens with zero attached hydrogens (tertiary/aromatic N) is 1. The minimum Gasteiger partial charge on any atom is -0.339 e. The van der Waals surface area contributed by atoms with Gasteiger partial charge >= 0.3 is 0 Å². The molecular formula is C14H30N2O. The molecule has 102 valence electrons. The molecule has 0 bridgehead atoms. The average Bonchev–Trinajstić information content (AvgIpc) is 2.27. The lowest BCUT2D eigenvalue weighted by molar-refractivity contribution is -0.143. The van der Waals surface area contributed by atoms with E-state index in [4.69, 9.17) is 5.73 Å². The van der Waals surface area contributed by atoms with Gasteiger partial charge in [-0.25, -0.2) is 0 Å². The first-order chi connectivity index (χ1) is 7.80. The highest BCUT2D eigenvalue weighted by atomic mass is 16.2. The van der Waals surface area contributed by atoms with Crippen LogP contribution in [0.5, 0.6) is 0 Å². The molecule has 0 radical (unpaired) electrons. The highest BCUT2D eigenvalue weighted by Crippen LogP contribution is 2.22. The van der Waals surface area contributed by atoms with Crippen molar-refractivity contribution in [1.82, 2.24) is 4.90 Å². The highest BCUT2D eigenvalue weighted by molar-refractivity contribution is 5.82. The molecule has 0 aromatic carbocycles. The standard InChI is InChI=1S/C14H30N2O/c1-7-12(8-2)16(9-11(3)4)13(17)14(5,6)10-15/h11-12H,7-10,15H2,1-6H3. The second-order valence-corrected chi connectivity index (χ2v) is 5.91. The Balaban J connectivity index is 4.97. The van der Waals surface area contributed by atoms with Gasteiger partial charge in [0.25, 0.3) is 0 Å². The molecule has 0 heterocycles. The van der Waals surface area contributed by atoms with Crippen molar-refractivity contribution in [2.45, 2.75) is 60.4 Å². The highest BCUT2D eigenvalue weighted by Gasteiger charge is 2.33. The predicted octanol–water partition coefficient (Wildman–Crippen LogP) is 2.64. The quantitative estimate of drug-likeness (QED) is 0.746. The first kappa shape index (κ1) is 16.4. The summed E-state index contributed by atoms with van der Waals surface area (Å²) in [6, 6.07) is 0.343. The van der Waals surface area contributed by atoms with Gasteiger partial charge in [-0.15, -0.1) is 0 Å². The zero-order valence-electron chi connectivity index (χ0n) is 12.4. The van der Waals surface area contributed by atoms with Crippen LogP contribution in [0.3, 0.4) is 0 Å². The van der Waals surface area contributed by atoms with E-state index in [9.17, 15) is 4.79 Å². The number of carbonyl (C=O) groups excluding carboxylic acids is 1. The third-order valence-electron chi connectivity index (χ3n) is 3.30. The van der Waals surface area contributed by atoms with Crippen molar-refractivity contribution in [3.8, 4) is 0 Å². The molecule has 0 aromatic rings. The Labute approximate surface area is 107 Å². The van der Waals surface area contributed by atoms with Crippen molar-refractivity contribution in [2.75, 3.05) is 13.1 Å². The molecule has 0 aliphatic carbocycles. The van der Waals surface area contributed by atoms with Crippen LogP contribution in [0.4, 0.5) is 0 Å². The largest absolute Gasteiger partial charge is 0.339 e. The van der Waals surface area contributed by atoms with E-state index in [0.717, 1.165) is 19.4 Å². The summed E-state index contributed by atoms with van der Waals surface area (Å²) in [6.07, 6.45) is 2.02. The van der Waals surface area contributed by atoms with Gasteiger partial charge in [-0.2, -0.15) is 0 Å². The maximum absolute atomic E-state index is 12.5. The van der Waals surface area contributed by atoms with Crippen molar-refractivity contribution in [3.63, 3.8) is 0 Å². The van der Waals surface area contributed by atoms with Crippen molar-refractivity contribution in [2.24, 2.45) is 17.1 Å². The Bertz CT molecular complexity index is 232. The molecule has 3 heteroatoms. The zero-order chi connectivity index (χ0) is 13.6. The van der Waals surface area contributed by atoms with E-state index >= 15 is 0 Å². The number of carbonyl (C=O) groups is 1. The zero-order valence-corrected chi connectivity index (χ0v) is 12.4. The van der Waals surface area contributed by atoms with Gasteiger partial charge in [0.2, 0.25) is 5.91 Å². The molecule has 3 nitrogen and oxygen atoms in total. The summed E-state index contributed by atoms with van der Waals surface area (Å²) in [5.41, 5.74) is 5.26. The number of hydrogen-bond donors (Lipinski definition) is 1. The molecule has 0 atom stereocenters. The predicted molar refractivity (Wildman–Crippen MR) is 73.8 cm³/mol. The fourth-order valence-corrected chi connectivity index (χ4v) is 2.00. The average molecular weight is 242 g/mol. The summed E-state index contributed by atoms with van der Waals surface area (Å²) < 4.78 is 0. The molecule has 1 amide bonds. The van der Waals surface area contributed by atoms with Gasteiger partial charge in [0.1, 0.15) is 0 Å². The van der Waals surface area contributed by atoms with Gasteiger partial charge in [0, 0.05) is 19.1 Å². The monoisotopic (exact) mass is 242 g/mol. The summed E-state index contributed by atoms with van der Waals surface area (Å²) in [4.78, 5) is 14.6. The van der Waals surface area contributed by atoms with Gasteiger partial charge in [-0.1, -0.05) is 27.7 Å². The molecule has 0 rings (SSSR count). The molecule has 0 saturated carbocycles. The number of rotatable bonds is 7. The Morgan fingerprint density at radius 3 is 2.00 bits per heavy atom. The van der Waals surface area contributed by atoms with E-state index < -0.39 is 5.41 Å². The Morgan fingerprint density at radius 1 is 1.24 bits per heavy atom. The summed E-state index contributed by atoms with van der Waals surface area (Å²) >= 11 is 0. The van der Waals surface area contributed by atoms with E-state index in [1.807, 2.05) is 18.7 Å². The smallest absolute Gasteiger partial charge is 0.229 e. The molecule has 0 aromatic heterocycles. The molecular weight excluding hydrogens is 212 g/mol. The van der Waals surface area contributed by atoms with E-state index in [2.05, 4.69) is 27.7 Å². The van der Waals surface area contributed by atoms with Gasteiger partial charge in [0.05, 0.1) is 5.41 Å². The van der Waals surface area contributed by atoms with E-state index in [1.165, 1.54) is 0 Å². The first-order valence-electron chi connectivity index (χ1n) is 6.81. The fourth-order valence-electron chi connectivity index (χ4n) is 2.00. The van der Waals surface area contributed by atoms with Gasteiger partial charge in [-0.3, -0.25) is 4.79 Å². The molecule has 0 aliphatic rings. The number of nitrogens with two attached hydrogens (primary N) is 1. The lowest BCUT2D eigenvalue weighted by Gasteiger charge is -2.37. The second-order valence-electron chi connectivity index (χ2n) is 5.91. The van der Waals surface area contributed by atoms with Gasteiger partial charge < -0.3 is 10.6 Å². The SMILES string of the molecule is CCC(CC)N(CC(C)C)C(=O)C(C)(C)CN. The van der Waals surface area contributed by atoms with E-state index in [-0.39, 0.29) is 5.91 Å². The maximum atomic E-state index is 12.5. The molecule has 0 saturated heterocycles. The first-order valence-corrected chi connectivity index (χ1v) is 6.81. The summed E-state index contributed by atoms with van der Waals surface area (Å²) in [6.45, 7) is 13.7. The minimum atomic E-state index is -0.447. The van der Waals surface area contributed by atoms with Crippen LogP contribution in [-0.4, -0.2) is 29.9 Å². The topological polar surface area (TPSA) is 46.3 Å². The third-order valence-corrected chi connectivity index (χ3v) is 3.30. The van der Waals surface area contributed by atoms with Crippen molar-refractivity contribution in [3.05, 3.63) is 0 Å². The normalized spacial score (nSPS) is 12.3. The van der Waals surface area contributed by atoms with Crippen LogP contribution in [0, 0.1) is 11.3 Å². The Hall–Kier alpha value is -0.570. The van der Waals surface area contributed by atoms with Crippen molar-refractivity contribution < 1.29 is 4.79 Å². The van der Waals surface area contributed by atoms with Crippen LogP contribution in [0.15, 0.2) is 0 Å². The van der Waals surface area contributed by atoms with Crippen LogP contribution in [0.1, 0.15) is 54.4 Å². The second kappa shape index (κ2) is 7.00. The summed E-state index contributed by atoms with van der Waals surface area (Å²) in [7, 11) is 0. The molecule has 17 heavy (non-hydrogen) atoms. The maximum Gasteiger partial charge on any atom is 0.229 e. The van der Waals surface area contributed by atoms with Crippen molar-refractivity contribution >= 4 is 5.91 Å². The fraction of sp³-hybridized carbons (Fsp3) is 0.929. The van der Waals surface area contributed by atoms with Crippen molar-refractivity contribution in [1.29, 1.82) is 0 Å². The lowest BCUT2D eigenvalue weighted by Crippen LogP contribution is -2.50. The molecule has 0 aliphatic heterocycles. The van der Waals surface area contributed by atoms with E-state index in [0.29, 0.717) is 18.5 Å². The molecule has 0 spiro atoms. The van der Waals surface area contributed by atoms with Crippen LogP contribution >= 0.6 is 0 Å². The van der Waals surface area contributed by atoms with Gasteiger partial charge in [0.15, 0.2) is 0 Å². The molecule has 0 unspecified atom stereocenters. The summed E-state index contributed by atoms with van der Waals surface area (Å²) in [5, 5.41) is 0. The van der Waals surface area contributed by atoms with Crippen LogP contribution in [0.2, 0.25) is 0 Å². The van der Waals surface area contributed by atoms with E-state index in [1.54, 1.807) is 0 Å². The third kappa shape index (κ3) is 4.66. The number of amides is 1. The Kier molecular flexibility index (Phi) is 6.76. The number of hydrogen-bond acceptors (Lipinski definition) is 2. The summed E-state index contributed by atoms with van der Waals surface area (Å²) in [5.74, 6) is 0.690. The van der Waals surface area contributed by atoms with Crippen LogP contribution < -0.4 is 5.73 Å². The van der Waals surface area contributed by atoms with Crippen LogP contribution in [0.25, 0.3) is 0 Å². The van der Waals surface area contributed by atoms with Gasteiger partial charge in [-0.05, 0) is 32.6 Å². The molecule has 0 fully saturated rings. The van der Waals surface area contributed by atoms with Crippen LogP contribution in [-0.2, 0) is 4.79 Å².